The third-order valence-electron chi connectivity index (χ3n) is 2.74. The lowest BCUT2D eigenvalue weighted by Gasteiger charge is -2.22. The van der Waals surface area contributed by atoms with Crippen LogP contribution in [-0.4, -0.2) is 4.98 Å². The highest BCUT2D eigenvalue weighted by atomic mass is 35.5. The number of halogens is 1. The summed E-state index contributed by atoms with van der Waals surface area (Å²) in [6.07, 6.45) is 2.76. The first-order valence-corrected chi connectivity index (χ1v) is 4.82. The molecule has 1 aliphatic rings. The van der Waals surface area contributed by atoms with Crippen molar-refractivity contribution >= 4 is 11.6 Å². The van der Waals surface area contributed by atoms with Crippen molar-refractivity contribution in [1.82, 2.24) is 4.98 Å². The maximum atomic E-state index is 5.84. The van der Waals surface area contributed by atoms with E-state index in [9.17, 15) is 0 Å². The molecule has 1 unspecified atom stereocenters. The van der Waals surface area contributed by atoms with E-state index in [0.717, 1.165) is 12.0 Å². The van der Waals surface area contributed by atoms with Crippen molar-refractivity contribution in [2.45, 2.75) is 32.5 Å². The predicted octanol–water partition coefficient (Wildman–Crippen LogP) is 2.89. The third kappa shape index (κ3) is 1.34. The fourth-order valence-corrected chi connectivity index (χ4v) is 1.83. The molecule has 0 N–H and O–H groups in total. The van der Waals surface area contributed by atoms with Gasteiger partial charge in [0.25, 0.3) is 0 Å². The Labute approximate surface area is 82.9 Å². The summed E-state index contributed by atoms with van der Waals surface area (Å²) in [4.78, 5) is 4.04. The molecule has 0 saturated heterocycles. The van der Waals surface area contributed by atoms with E-state index in [-0.39, 0.29) is 5.60 Å². The van der Waals surface area contributed by atoms with Gasteiger partial charge in [0.2, 0.25) is 0 Å². The molecular weight excluding hydrogens is 186 g/mol. The van der Waals surface area contributed by atoms with Crippen LogP contribution in [0.1, 0.15) is 31.4 Å². The van der Waals surface area contributed by atoms with Gasteiger partial charge in [-0.05, 0) is 25.0 Å². The average Bonchev–Trinajstić information content (AvgIpc) is 2.45. The molecule has 0 amide bonds. The van der Waals surface area contributed by atoms with Crippen molar-refractivity contribution in [3.8, 4) is 0 Å². The van der Waals surface area contributed by atoms with Crippen molar-refractivity contribution in [2.75, 3.05) is 0 Å². The summed E-state index contributed by atoms with van der Waals surface area (Å²) in [7, 11) is 0. The van der Waals surface area contributed by atoms with Crippen LogP contribution in [0.25, 0.3) is 0 Å². The van der Waals surface area contributed by atoms with E-state index in [1.54, 1.807) is 6.20 Å². The second-order valence-electron chi connectivity index (χ2n) is 3.54. The lowest BCUT2D eigenvalue weighted by Crippen LogP contribution is -2.18. The van der Waals surface area contributed by atoms with Crippen LogP contribution in [0.2, 0.25) is 5.15 Å². The summed E-state index contributed by atoms with van der Waals surface area (Å²) >= 11 is 5.84. The monoisotopic (exact) mass is 197 g/mol. The van der Waals surface area contributed by atoms with Crippen molar-refractivity contribution in [3.05, 3.63) is 28.5 Å². The van der Waals surface area contributed by atoms with Gasteiger partial charge in [-0.2, -0.15) is 0 Å². The van der Waals surface area contributed by atoms with Gasteiger partial charge in [-0.1, -0.05) is 18.5 Å². The normalized spacial score (nSPS) is 26.1. The van der Waals surface area contributed by atoms with Gasteiger partial charge in [0, 0.05) is 11.8 Å². The molecular formula is C10H12ClNO. The summed E-state index contributed by atoms with van der Waals surface area (Å²) in [5.74, 6) is 0. The molecule has 0 bridgehead atoms. The topological polar surface area (TPSA) is 22.1 Å². The van der Waals surface area contributed by atoms with Gasteiger partial charge in [-0.25, -0.2) is 4.98 Å². The first-order chi connectivity index (χ1) is 6.15. The highest BCUT2D eigenvalue weighted by Gasteiger charge is 2.34. The van der Waals surface area contributed by atoms with Crippen LogP contribution in [0.4, 0.5) is 0 Å². The molecule has 3 heteroatoms. The Kier molecular flexibility index (Phi) is 2.05. The lowest BCUT2D eigenvalue weighted by molar-refractivity contribution is -0.0259. The minimum absolute atomic E-state index is 0.165. The Morgan fingerprint density at radius 3 is 3.15 bits per heavy atom. The van der Waals surface area contributed by atoms with E-state index in [4.69, 9.17) is 16.3 Å². The van der Waals surface area contributed by atoms with Crippen LogP contribution >= 0.6 is 11.6 Å². The van der Waals surface area contributed by atoms with Gasteiger partial charge in [0.1, 0.15) is 5.15 Å². The molecule has 0 saturated carbocycles. The van der Waals surface area contributed by atoms with Crippen LogP contribution in [-0.2, 0) is 16.9 Å². The third-order valence-corrected chi connectivity index (χ3v) is 2.95. The summed E-state index contributed by atoms with van der Waals surface area (Å²) < 4.78 is 5.72. The van der Waals surface area contributed by atoms with Crippen LogP contribution < -0.4 is 0 Å². The number of pyridine rings is 1. The number of ether oxygens (including phenoxy) is 1. The number of rotatable bonds is 1. The fraction of sp³-hybridized carbons (Fsp3) is 0.500. The Morgan fingerprint density at radius 2 is 2.46 bits per heavy atom. The van der Waals surface area contributed by atoms with E-state index >= 15 is 0 Å². The van der Waals surface area contributed by atoms with Crippen LogP contribution in [0.5, 0.6) is 0 Å². The predicted molar refractivity (Wildman–Crippen MR) is 51.7 cm³/mol. The highest BCUT2D eigenvalue weighted by Crippen LogP contribution is 2.38. The van der Waals surface area contributed by atoms with E-state index in [2.05, 4.69) is 18.8 Å². The minimum Gasteiger partial charge on any atom is -0.366 e. The van der Waals surface area contributed by atoms with Crippen molar-refractivity contribution < 1.29 is 4.74 Å². The molecule has 1 atom stereocenters. The smallest absolute Gasteiger partial charge is 0.129 e. The zero-order chi connectivity index (χ0) is 9.47. The van der Waals surface area contributed by atoms with E-state index < -0.39 is 0 Å². The Bertz CT molecular complexity index is 340. The molecule has 1 aliphatic heterocycles. The first-order valence-electron chi connectivity index (χ1n) is 4.44. The fourth-order valence-electron chi connectivity index (χ4n) is 1.67. The Hall–Kier alpha value is -0.600. The number of hydrogen-bond acceptors (Lipinski definition) is 2. The van der Waals surface area contributed by atoms with E-state index in [0.29, 0.717) is 11.8 Å². The molecule has 0 radical (unpaired) electrons. The Balaban J connectivity index is 2.52. The summed E-state index contributed by atoms with van der Waals surface area (Å²) in [5.41, 5.74) is 2.19. The standard InChI is InChI=1S/C10H12ClNO/c1-3-10(2)8-4-9(11)12-5-7(8)6-13-10/h4-5H,3,6H2,1-2H3. The molecule has 0 fully saturated rings. The second kappa shape index (κ2) is 2.96. The van der Waals surface area contributed by atoms with E-state index in [1.165, 1.54) is 5.56 Å². The number of fused-ring (bicyclic) bond motifs is 1. The quantitative estimate of drug-likeness (QED) is 0.646. The SMILES string of the molecule is CCC1(C)OCc2cnc(Cl)cc21. The minimum atomic E-state index is -0.165. The van der Waals surface area contributed by atoms with Crippen molar-refractivity contribution in [3.63, 3.8) is 0 Å². The molecule has 2 rings (SSSR count). The van der Waals surface area contributed by atoms with Crippen LogP contribution in [0.15, 0.2) is 12.3 Å². The van der Waals surface area contributed by atoms with Gasteiger partial charge in [0.05, 0.1) is 12.2 Å². The van der Waals surface area contributed by atoms with Crippen LogP contribution in [0, 0.1) is 0 Å². The average molecular weight is 198 g/mol. The number of hydrogen-bond donors (Lipinski definition) is 0. The van der Waals surface area contributed by atoms with Gasteiger partial charge < -0.3 is 4.74 Å². The first kappa shape index (κ1) is 8.97. The molecule has 2 heterocycles. The molecule has 0 aromatic carbocycles. The Morgan fingerprint density at radius 1 is 1.69 bits per heavy atom. The number of aromatic nitrogens is 1. The van der Waals surface area contributed by atoms with Gasteiger partial charge in [-0.15, -0.1) is 0 Å². The molecule has 1 aromatic heterocycles. The zero-order valence-electron chi connectivity index (χ0n) is 7.80. The number of nitrogens with zero attached hydrogens (tertiary/aromatic N) is 1. The van der Waals surface area contributed by atoms with Crippen LogP contribution in [0.3, 0.4) is 0 Å². The maximum absolute atomic E-state index is 5.84. The molecule has 13 heavy (non-hydrogen) atoms. The van der Waals surface area contributed by atoms with Crippen molar-refractivity contribution in [2.24, 2.45) is 0 Å². The molecule has 1 aromatic rings. The highest BCUT2D eigenvalue weighted by molar-refractivity contribution is 6.29. The van der Waals surface area contributed by atoms with E-state index in [1.807, 2.05) is 6.07 Å². The summed E-state index contributed by atoms with van der Waals surface area (Å²) in [6.45, 7) is 4.86. The van der Waals surface area contributed by atoms with Gasteiger partial charge >= 0.3 is 0 Å². The summed E-state index contributed by atoms with van der Waals surface area (Å²) in [5, 5.41) is 0.545. The molecule has 0 aliphatic carbocycles. The largest absolute Gasteiger partial charge is 0.366 e. The van der Waals surface area contributed by atoms with Gasteiger partial charge in [-0.3, -0.25) is 0 Å². The molecule has 70 valence electrons. The zero-order valence-corrected chi connectivity index (χ0v) is 8.56. The lowest BCUT2D eigenvalue weighted by atomic mass is 9.93. The van der Waals surface area contributed by atoms with Gasteiger partial charge in [0.15, 0.2) is 0 Å². The molecule has 2 nitrogen and oxygen atoms in total. The second-order valence-corrected chi connectivity index (χ2v) is 3.92. The van der Waals surface area contributed by atoms with Crippen molar-refractivity contribution in [1.29, 1.82) is 0 Å². The molecule has 0 spiro atoms. The summed E-state index contributed by atoms with van der Waals surface area (Å²) in [6, 6.07) is 1.91. The maximum Gasteiger partial charge on any atom is 0.129 e.